The van der Waals surface area contributed by atoms with Crippen molar-refractivity contribution in [2.75, 3.05) is 19.5 Å². The number of carbonyl (C=O) groups is 1. The highest BCUT2D eigenvalue weighted by Crippen LogP contribution is 2.49. The van der Waals surface area contributed by atoms with E-state index in [1.54, 1.807) is 20.4 Å². The molecule has 2 heterocycles. The highest BCUT2D eigenvalue weighted by molar-refractivity contribution is 6.12. The molecule has 5 rings (SSSR count). The summed E-state index contributed by atoms with van der Waals surface area (Å²) in [5, 5.41) is 4.70. The lowest BCUT2D eigenvalue weighted by atomic mass is 9.77. The lowest BCUT2D eigenvalue weighted by Gasteiger charge is -2.35. The van der Waals surface area contributed by atoms with Crippen molar-refractivity contribution in [3.63, 3.8) is 0 Å². The molecule has 1 aromatic heterocycles. The zero-order chi connectivity index (χ0) is 20.0. The average molecular weight is 386 g/mol. The van der Waals surface area contributed by atoms with Gasteiger partial charge in [-0.15, -0.1) is 0 Å². The fourth-order valence-electron chi connectivity index (χ4n) is 4.58. The van der Waals surface area contributed by atoms with E-state index < -0.39 is 0 Å². The van der Waals surface area contributed by atoms with Crippen molar-refractivity contribution < 1.29 is 14.3 Å². The Morgan fingerprint density at radius 2 is 1.97 bits per heavy atom. The van der Waals surface area contributed by atoms with E-state index in [0.717, 1.165) is 63.2 Å². The number of fused-ring (bicyclic) bond motifs is 4. The molecule has 1 atom stereocenters. The number of aromatic nitrogens is 1. The lowest BCUT2D eigenvalue weighted by molar-refractivity contribution is -0.116. The number of nitrogens with one attached hydrogen (secondary N) is 1. The maximum atomic E-state index is 13.1. The Bertz CT molecular complexity index is 1170. The molecular weight excluding hydrogens is 364 g/mol. The molecule has 0 saturated carbocycles. The number of ketones is 1. The summed E-state index contributed by atoms with van der Waals surface area (Å²) < 4.78 is 11.1. The third-order valence-electron chi connectivity index (χ3n) is 5.88. The summed E-state index contributed by atoms with van der Waals surface area (Å²) >= 11 is 0. The first-order valence-corrected chi connectivity index (χ1v) is 9.84. The molecule has 0 amide bonds. The number of pyridine rings is 1. The first-order chi connectivity index (χ1) is 14.2. The molecule has 1 aliphatic carbocycles. The Morgan fingerprint density at radius 3 is 2.79 bits per heavy atom. The third-order valence-corrected chi connectivity index (χ3v) is 5.88. The van der Waals surface area contributed by atoms with E-state index in [1.165, 1.54) is 0 Å². The molecule has 0 spiro atoms. The number of hydrogen-bond acceptors (Lipinski definition) is 5. The van der Waals surface area contributed by atoms with Crippen molar-refractivity contribution in [3.05, 3.63) is 65.4 Å². The van der Waals surface area contributed by atoms with Crippen LogP contribution in [0.4, 0.5) is 5.69 Å². The molecule has 2 aliphatic rings. The molecule has 0 saturated heterocycles. The molecule has 0 radical (unpaired) electrons. The van der Waals surface area contributed by atoms with E-state index >= 15 is 0 Å². The maximum absolute atomic E-state index is 13.1. The van der Waals surface area contributed by atoms with Crippen molar-refractivity contribution in [3.8, 4) is 11.5 Å². The van der Waals surface area contributed by atoms with Gasteiger partial charge in [0.25, 0.3) is 0 Å². The Kier molecular flexibility index (Phi) is 4.23. The SMILES string of the molecule is COc1ccc(OC)c(C2Nc3ccc4ncccc4c3C3=C2C(=O)CCC3)c1. The summed E-state index contributed by atoms with van der Waals surface area (Å²) in [5.41, 5.74) is 5.95. The van der Waals surface area contributed by atoms with E-state index in [1.807, 2.05) is 30.3 Å². The number of carbonyl (C=O) groups excluding carboxylic acids is 1. The number of benzene rings is 2. The topological polar surface area (TPSA) is 60.5 Å². The lowest BCUT2D eigenvalue weighted by Crippen LogP contribution is -2.27. The minimum Gasteiger partial charge on any atom is -0.497 e. The van der Waals surface area contributed by atoms with Gasteiger partial charge in [-0.25, -0.2) is 0 Å². The fourth-order valence-corrected chi connectivity index (χ4v) is 4.58. The molecular formula is C24H22N2O3. The minimum absolute atomic E-state index is 0.195. The number of Topliss-reactive ketones (excluding diaryl/α,β-unsaturated/α-hetero) is 1. The van der Waals surface area contributed by atoms with Gasteiger partial charge in [-0.3, -0.25) is 9.78 Å². The summed E-state index contributed by atoms with van der Waals surface area (Å²) in [6, 6.07) is 13.6. The second kappa shape index (κ2) is 6.92. The second-order valence-corrected chi connectivity index (χ2v) is 7.41. The zero-order valence-corrected chi connectivity index (χ0v) is 16.5. The maximum Gasteiger partial charge on any atom is 0.161 e. The molecule has 2 aromatic carbocycles. The van der Waals surface area contributed by atoms with Gasteiger partial charge in [-0.1, -0.05) is 6.07 Å². The Hall–Kier alpha value is -3.34. The van der Waals surface area contributed by atoms with Gasteiger partial charge in [-0.2, -0.15) is 0 Å². The second-order valence-electron chi connectivity index (χ2n) is 7.41. The largest absolute Gasteiger partial charge is 0.497 e. The summed E-state index contributed by atoms with van der Waals surface area (Å²) in [6.07, 6.45) is 4.13. The highest BCUT2D eigenvalue weighted by atomic mass is 16.5. The first-order valence-electron chi connectivity index (χ1n) is 9.84. The van der Waals surface area contributed by atoms with Crippen molar-refractivity contribution in [2.45, 2.75) is 25.3 Å². The number of methoxy groups -OCH3 is 2. The van der Waals surface area contributed by atoms with Gasteiger partial charge in [0.2, 0.25) is 0 Å². The van der Waals surface area contributed by atoms with Crippen LogP contribution in [0.2, 0.25) is 0 Å². The monoisotopic (exact) mass is 386 g/mol. The van der Waals surface area contributed by atoms with Crippen molar-refractivity contribution in [2.24, 2.45) is 0 Å². The van der Waals surface area contributed by atoms with E-state index in [9.17, 15) is 4.79 Å². The number of anilines is 1. The average Bonchev–Trinajstić information content (AvgIpc) is 2.77. The van der Waals surface area contributed by atoms with Crippen molar-refractivity contribution in [1.29, 1.82) is 0 Å². The summed E-state index contributed by atoms with van der Waals surface area (Å²) in [5.74, 6) is 1.67. The molecule has 1 aliphatic heterocycles. The molecule has 0 fully saturated rings. The Balaban J connectivity index is 1.78. The normalized spacial score (nSPS) is 18.1. The van der Waals surface area contributed by atoms with Crippen LogP contribution in [0, 0.1) is 0 Å². The van der Waals surface area contributed by atoms with Crippen LogP contribution in [0.15, 0.2) is 54.2 Å². The van der Waals surface area contributed by atoms with Crippen LogP contribution in [-0.2, 0) is 4.79 Å². The zero-order valence-electron chi connectivity index (χ0n) is 16.5. The number of allylic oxidation sites excluding steroid dienone is 1. The molecule has 3 aromatic rings. The molecule has 1 unspecified atom stereocenters. The molecule has 5 nitrogen and oxygen atoms in total. The van der Waals surface area contributed by atoms with E-state index in [2.05, 4.69) is 22.4 Å². The summed E-state index contributed by atoms with van der Waals surface area (Å²) in [4.78, 5) is 17.6. The van der Waals surface area contributed by atoms with Gasteiger partial charge >= 0.3 is 0 Å². The van der Waals surface area contributed by atoms with Crippen LogP contribution >= 0.6 is 0 Å². The van der Waals surface area contributed by atoms with Crippen LogP contribution in [0.1, 0.15) is 36.4 Å². The third kappa shape index (κ3) is 2.77. The van der Waals surface area contributed by atoms with E-state index in [-0.39, 0.29) is 11.8 Å². The van der Waals surface area contributed by atoms with Gasteiger partial charge in [-0.05, 0) is 54.8 Å². The van der Waals surface area contributed by atoms with Gasteiger partial charge in [0.15, 0.2) is 5.78 Å². The van der Waals surface area contributed by atoms with Gasteiger partial charge in [0.1, 0.15) is 11.5 Å². The first kappa shape index (κ1) is 17.7. The van der Waals surface area contributed by atoms with Gasteiger partial charge < -0.3 is 14.8 Å². The Labute approximate surface area is 169 Å². The van der Waals surface area contributed by atoms with Crippen LogP contribution in [0.25, 0.3) is 16.5 Å². The van der Waals surface area contributed by atoms with Crippen molar-refractivity contribution in [1.82, 2.24) is 4.98 Å². The molecule has 0 bridgehead atoms. The van der Waals surface area contributed by atoms with Gasteiger partial charge in [0, 0.05) is 40.4 Å². The van der Waals surface area contributed by atoms with Crippen LogP contribution < -0.4 is 14.8 Å². The summed E-state index contributed by atoms with van der Waals surface area (Å²) in [6.45, 7) is 0. The smallest absolute Gasteiger partial charge is 0.161 e. The van der Waals surface area contributed by atoms with Crippen molar-refractivity contribution >= 4 is 27.9 Å². The Morgan fingerprint density at radius 1 is 1.07 bits per heavy atom. The molecule has 1 N–H and O–H groups in total. The summed E-state index contributed by atoms with van der Waals surface area (Å²) in [7, 11) is 3.30. The van der Waals surface area contributed by atoms with E-state index in [0.29, 0.717) is 6.42 Å². The number of rotatable bonds is 3. The minimum atomic E-state index is -0.274. The molecule has 146 valence electrons. The molecule has 29 heavy (non-hydrogen) atoms. The van der Waals surface area contributed by atoms with Crippen LogP contribution in [-0.4, -0.2) is 25.0 Å². The predicted octanol–water partition coefficient (Wildman–Crippen LogP) is 4.93. The fraction of sp³-hybridized carbons (Fsp3) is 0.250. The number of nitrogens with zero attached hydrogens (tertiary/aromatic N) is 1. The number of ether oxygens (including phenoxy) is 2. The van der Waals surface area contributed by atoms with Gasteiger partial charge in [0.05, 0.1) is 25.8 Å². The quantitative estimate of drug-likeness (QED) is 0.692. The number of hydrogen-bond donors (Lipinski definition) is 1. The van der Waals surface area contributed by atoms with E-state index in [4.69, 9.17) is 9.47 Å². The molecule has 5 heteroatoms. The van der Waals surface area contributed by atoms with Crippen LogP contribution in [0.3, 0.4) is 0 Å². The highest BCUT2D eigenvalue weighted by Gasteiger charge is 2.36. The predicted molar refractivity (Wildman–Crippen MR) is 113 cm³/mol. The standard InChI is InChI=1S/C24H22N2O3/c1-28-14-8-11-21(29-2)17(13-14)24-23-16(5-3-7-20(23)27)22-15-6-4-12-25-18(15)9-10-19(22)26-24/h4,6,8-13,24,26H,3,5,7H2,1-2H3. The van der Waals surface area contributed by atoms with Crippen LogP contribution in [0.5, 0.6) is 11.5 Å².